The van der Waals surface area contributed by atoms with Crippen molar-refractivity contribution in [2.75, 3.05) is 66.9 Å². The highest BCUT2D eigenvalue weighted by Gasteiger charge is 2.81. The molecule has 8 aliphatic rings. The zero-order valence-corrected chi connectivity index (χ0v) is 39.2. The predicted molar refractivity (Wildman–Crippen MR) is 243 cm³/mol. The minimum Gasteiger partial charge on any atom is -0.468 e. The number of thioether (sulfide) groups is 1. The van der Waals surface area contributed by atoms with Crippen molar-refractivity contribution in [1.82, 2.24) is 14.7 Å². The molecule has 1 aromatic carbocycles. The largest absolute Gasteiger partial charge is 0.468 e. The molecule has 2 bridgehead atoms. The van der Waals surface area contributed by atoms with Gasteiger partial charge >= 0.3 is 17.9 Å². The molecule has 6 aliphatic heterocycles. The second-order valence-corrected chi connectivity index (χ2v) is 21.0. The highest BCUT2D eigenvalue weighted by Crippen LogP contribution is 2.70. The number of aliphatic hydroxyl groups is 2. The van der Waals surface area contributed by atoms with Gasteiger partial charge in [0.05, 0.1) is 37.4 Å². The van der Waals surface area contributed by atoms with Gasteiger partial charge in [-0.3, -0.25) is 19.4 Å². The zero-order valence-electron chi connectivity index (χ0n) is 38.4. The molecule has 6 heterocycles. The smallest absolute Gasteiger partial charge is 0.344 e. The maximum Gasteiger partial charge on any atom is 0.344 e. The Labute approximate surface area is 377 Å². The highest BCUT2D eigenvalue weighted by molar-refractivity contribution is 7.99. The van der Waals surface area contributed by atoms with E-state index in [1.54, 1.807) is 7.11 Å². The first-order valence-electron chi connectivity index (χ1n) is 23.3. The van der Waals surface area contributed by atoms with Crippen molar-refractivity contribution in [2.24, 2.45) is 28.1 Å². The standard InChI is InChI=1S/C49H66BN3O9S/c1-9-21-63-31-13-14-36-33(22-31)32-15-19-52-27-30(25-45(57,10-2)28-52)26-48(39(32)50-36,43(55)60-7)35-23-34-37(24-38(35)59-6)51(5)41-47(34)17-20-53-18-12-16-46(11-3,40(47)53)42(62-29(4)54)49(41,58)44(56)61-8/h12-14,16,22-24,30,35,38,40-42,50,57-58H,9-11,15,17-21,25-28H2,1-8H3/t30-,35?,38?,40+,41-,42-,45+,46-,47-,48+,49+/m1/s1. The van der Waals surface area contributed by atoms with E-state index in [1.165, 1.54) is 42.6 Å². The van der Waals surface area contributed by atoms with Gasteiger partial charge < -0.3 is 34.1 Å². The fourth-order valence-electron chi connectivity index (χ4n) is 14.7. The van der Waals surface area contributed by atoms with Crippen LogP contribution in [-0.2, 0) is 33.3 Å². The van der Waals surface area contributed by atoms with Gasteiger partial charge in [-0.2, -0.15) is 0 Å². The Morgan fingerprint density at radius 2 is 1.76 bits per heavy atom. The van der Waals surface area contributed by atoms with Gasteiger partial charge in [0.2, 0.25) is 5.60 Å². The number of ether oxygens (including phenoxy) is 4. The van der Waals surface area contributed by atoms with E-state index in [-0.39, 0.29) is 17.9 Å². The number of hydrogen-bond donors (Lipinski definition) is 2. The van der Waals surface area contributed by atoms with Crippen LogP contribution in [0.15, 0.2) is 64.1 Å². The van der Waals surface area contributed by atoms with Crippen molar-refractivity contribution in [3.8, 4) is 0 Å². The van der Waals surface area contributed by atoms with E-state index in [9.17, 15) is 19.8 Å². The molecular weight excluding hydrogens is 817 g/mol. The third-order valence-corrected chi connectivity index (χ3v) is 18.1. The maximum absolute atomic E-state index is 15.6. The summed E-state index contributed by atoms with van der Waals surface area (Å²) in [7, 11) is 6.96. The summed E-state index contributed by atoms with van der Waals surface area (Å²) in [6.45, 7) is 11.1. The van der Waals surface area contributed by atoms with Crippen molar-refractivity contribution in [1.29, 1.82) is 0 Å². The first kappa shape index (κ1) is 44.8. The number of fused-ring (bicyclic) bond motifs is 5. The van der Waals surface area contributed by atoms with Crippen LogP contribution in [0.5, 0.6) is 0 Å². The minimum absolute atomic E-state index is 0.0331. The third-order valence-electron chi connectivity index (χ3n) is 16.9. The van der Waals surface area contributed by atoms with Crippen LogP contribution in [0, 0.1) is 28.1 Å². The molecule has 2 N–H and O–H groups in total. The average molecular weight is 884 g/mol. The molecule has 3 unspecified atom stereocenters. The molecule has 12 nitrogen and oxygen atoms in total. The molecule has 1 saturated carbocycles. The van der Waals surface area contributed by atoms with E-state index in [0.29, 0.717) is 59.0 Å². The first-order chi connectivity index (χ1) is 30.2. The van der Waals surface area contributed by atoms with Gasteiger partial charge in [-0.15, -0.1) is 11.8 Å². The predicted octanol–water partition coefficient (Wildman–Crippen LogP) is 4.04. The van der Waals surface area contributed by atoms with E-state index < -0.39 is 63.6 Å². The van der Waals surface area contributed by atoms with Crippen molar-refractivity contribution in [3.05, 3.63) is 64.8 Å². The summed E-state index contributed by atoms with van der Waals surface area (Å²) in [4.78, 5) is 51.2. The van der Waals surface area contributed by atoms with Crippen LogP contribution >= 0.6 is 11.8 Å². The first-order valence-corrected chi connectivity index (χ1v) is 24.3. The lowest BCUT2D eigenvalue weighted by Gasteiger charge is -2.63. The Hall–Kier alpha value is -3.40. The normalized spacial score (nSPS) is 39.8. The molecule has 63 heavy (non-hydrogen) atoms. The molecule has 4 fully saturated rings. The zero-order chi connectivity index (χ0) is 44.9. The molecule has 0 amide bonds. The number of carbonyl (C=O) groups excluding carboxylic acids is 3. The topological polar surface area (TPSA) is 138 Å². The number of piperidine rings is 1. The third kappa shape index (κ3) is 6.30. The van der Waals surface area contributed by atoms with Crippen LogP contribution in [0.2, 0.25) is 0 Å². The van der Waals surface area contributed by atoms with E-state index in [2.05, 4.69) is 66.2 Å². The van der Waals surface area contributed by atoms with Crippen LogP contribution < -0.4 is 5.46 Å². The summed E-state index contributed by atoms with van der Waals surface area (Å²) in [5.41, 5.74) is 0.217. The summed E-state index contributed by atoms with van der Waals surface area (Å²) >= 11 is 1.86. The van der Waals surface area contributed by atoms with E-state index in [4.69, 9.17) is 18.9 Å². The van der Waals surface area contributed by atoms with Crippen LogP contribution in [0.25, 0.3) is 5.57 Å². The van der Waals surface area contributed by atoms with E-state index >= 15 is 4.79 Å². The summed E-state index contributed by atoms with van der Waals surface area (Å²) in [5.74, 6) is -1.33. The second kappa shape index (κ2) is 16.2. The lowest BCUT2D eigenvalue weighted by atomic mass is 9.46. The van der Waals surface area contributed by atoms with Gasteiger partial charge in [-0.25, -0.2) is 4.79 Å². The quantitative estimate of drug-likeness (QED) is 0.115. The van der Waals surface area contributed by atoms with Gasteiger partial charge in [0, 0.05) is 80.6 Å². The molecule has 1 spiro atoms. The number of carbonyl (C=O) groups is 3. The number of methoxy groups -OCH3 is 3. The SMILES string of the molecule is CCCSc1ccc2c(c1)C1=C(B2)[C@@](C(=O)OC)(C2C=C3C(=CC2OC)N(C)[C@H]2[C@@](O)(C(=O)OC)[C@H](OC(C)=O)[C@]4(CC)C=CCN5CC[C@]32[C@@H]54)C[C@@H]2CN(CC1)C[C@](O)(CC)C2. The molecule has 340 valence electrons. The molecule has 14 heteroatoms. The second-order valence-electron chi connectivity index (χ2n) is 19.8. The van der Waals surface area contributed by atoms with Gasteiger partial charge in [-0.1, -0.05) is 56.0 Å². The van der Waals surface area contributed by atoms with Crippen molar-refractivity contribution in [3.63, 3.8) is 0 Å². The molecule has 12 atom stereocenters. The summed E-state index contributed by atoms with van der Waals surface area (Å²) in [6.07, 6.45) is 11.2. The number of esters is 3. The molecule has 1 aromatic rings. The van der Waals surface area contributed by atoms with Gasteiger partial charge in [0.1, 0.15) is 0 Å². The lowest BCUT2D eigenvalue weighted by molar-refractivity contribution is -0.243. The van der Waals surface area contributed by atoms with E-state index in [1.807, 2.05) is 30.6 Å². The van der Waals surface area contributed by atoms with Crippen LogP contribution in [0.3, 0.4) is 0 Å². The van der Waals surface area contributed by atoms with Gasteiger partial charge in [0.25, 0.3) is 0 Å². The molecule has 0 aromatic heterocycles. The van der Waals surface area contributed by atoms with Gasteiger partial charge in [-0.05, 0) is 98.1 Å². The van der Waals surface area contributed by atoms with Crippen LogP contribution in [-0.4, -0.2) is 152 Å². The highest BCUT2D eigenvalue weighted by atomic mass is 32.2. The molecule has 3 saturated heterocycles. The number of nitrogens with zero attached hydrogens (tertiary/aromatic N) is 3. The number of hydrogen-bond acceptors (Lipinski definition) is 13. The van der Waals surface area contributed by atoms with Crippen LogP contribution in [0.4, 0.5) is 0 Å². The number of likely N-dealkylation sites (N-methyl/N-ethyl adjacent to an activating group) is 1. The fraction of sp³-hybridized carbons (Fsp3) is 0.653. The Morgan fingerprint density at radius 3 is 2.44 bits per heavy atom. The Balaban J connectivity index is 1.31. The maximum atomic E-state index is 15.6. The fourth-order valence-corrected chi connectivity index (χ4v) is 15.5. The lowest BCUT2D eigenvalue weighted by Crippen LogP contribution is -2.79. The number of rotatable bonds is 10. The average Bonchev–Trinajstić information content (AvgIpc) is 3.94. The van der Waals surface area contributed by atoms with Crippen molar-refractivity contribution in [2.45, 2.75) is 113 Å². The van der Waals surface area contributed by atoms with Crippen LogP contribution in [0.1, 0.15) is 78.2 Å². The van der Waals surface area contributed by atoms with E-state index in [0.717, 1.165) is 48.4 Å². The number of likely N-dealkylation sites (tertiary alicyclic amines) is 1. The Morgan fingerprint density at radius 1 is 0.984 bits per heavy atom. The monoisotopic (exact) mass is 883 g/mol. The van der Waals surface area contributed by atoms with Crippen molar-refractivity contribution < 1.29 is 43.5 Å². The van der Waals surface area contributed by atoms with Gasteiger partial charge in [0.15, 0.2) is 13.4 Å². The summed E-state index contributed by atoms with van der Waals surface area (Å²) in [6, 6.07) is 5.63. The van der Waals surface area contributed by atoms with Crippen molar-refractivity contribution >= 4 is 48.0 Å². The molecule has 9 rings (SSSR count). The summed E-state index contributed by atoms with van der Waals surface area (Å²) < 4.78 is 24.4. The summed E-state index contributed by atoms with van der Waals surface area (Å²) in [5, 5.41) is 25.5. The Bertz CT molecular complexity index is 2200. The Kier molecular flexibility index (Phi) is 11.5. The minimum atomic E-state index is -2.28. The number of allylic oxidation sites excluding steroid dienone is 1. The number of benzene rings is 1. The molecular formula is C49H66BN3O9S. The molecule has 0 radical (unpaired) electrons. The molecule has 2 aliphatic carbocycles.